The predicted octanol–water partition coefficient (Wildman–Crippen LogP) is 3.35. The van der Waals surface area contributed by atoms with Crippen LogP contribution in [0.1, 0.15) is 24.4 Å². The standard InChI is InChI=1S/C21H24N2O3S2/c1-3-28(25,26)14-13-22-20(24)21(2,16-9-5-4-6-10-16)15-19-23-17-11-7-8-12-18(17)27-19/h4-12H,3,13-15H2,1-2H3,(H,22,24). The molecule has 1 N–H and O–H groups in total. The first-order chi connectivity index (χ1) is 13.3. The Labute approximate surface area is 169 Å². The quantitative estimate of drug-likeness (QED) is 0.611. The molecule has 1 unspecified atom stereocenters. The first-order valence-electron chi connectivity index (χ1n) is 9.23. The molecule has 0 bridgehead atoms. The van der Waals surface area contributed by atoms with Gasteiger partial charge in [0.2, 0.25) is 5.91 Å². The number of rotatable bonds is 8. The zero-order valence-electron chi connectivity index (χ0n) is 16.0. The number of carbonyl (C=O) groups is 1. The van der Waals surface area contributed by atoms with Gasteiger partial charge in [-0.25, -0.2) is 13.4 Å². The van der Waals surface area contributed by atoms with Crippen LogP contribution in [0, 0.1) is 0 Å². The molecule has 0 aliphatic carbocycles. The van der Waals surface area contributed by atoms with Crippen molar-refractivity contribution in [1.29, 1.82) is 0 Å². The molecular formula is C21H24N2O3S2. The fourth-order valence-electron chi connectivity index (χ4n) is 3.08. The van der Waals surface area contributed by atoms with Crippen LogP contribution in [-0.2, 0) is 26.5 Å². The molecule has 0 spiro atoms. The number of carbonyl (C=O) groups excluding carboxylic acids is 1. The van der Waals surface area contributed by atoms with Crippen molar-refractivity contribution >= 4 is 37.3 Å². The maximum absolute atomic E-state index is 13.1. The van der Waals surface area contributed by atoms with Crippen molar-refractivity contribution in [3.63, 3.8) is 0 Å². The normalized spacial score (nSPS) is 13.9. The summed E-state index contributed by atoms with van der Waals surface area (Å²) in [5.41, 5.74) is 0.961. The Morgan fingerprint density at radius 3 is 2.46 bits per heavy atom. The molecule has 28 heavy (non-hydrogen) atoms. The molecule has 148 valence electrons. The Balaban J connectivity index is 1.86. The monoisotopic (exact) mass is 416 g/mol. The lowest BCUT2D eigenvalue weighted by Crippen LogP contribution is -2.45. The molecule has 0 aliphatic rings. The van der Waals surface area contributed by atoms with E-state index in [0.717, 1.165) is 20.8 Å². The van der Waals surface area contributed by atoms with Gasteiger partial charge in [0.05, 0.1) is 26.4 Å². The van der Waals surface area contributed by atoms with E-state index in [2.05, 4.69) is 10.3 Å². The van der Waals surface area contributed by atoms with Crippen LogP contribution >= 0.6 is 11.3 Å². The molecule has 1 aromatic heterocycles. The van der Waals surface area contributed by atoms with Gasteiger partial charge in [0.1, 0.15) is 0 Å². The van der Waals surface area contributed by atoms with Gasteiger partial charge in [-0.3, -0.25) is 4.79 Å². The van der Waals surface area contributed by atoms with E-state index in [4.69, 9.17) is 0 Å². The highest BCUT2D eigenvalue weighted by Crippen LogP contribution is 2.32. The second-order valence-corrected chi connectivity index (χ2v) is 10.5. The molecule has 7 heteroatoms. The number of nitrogens with one attached hydrogen (secondary N) is 1. The molecule has 2 aromatic carbocycles. The second kappa shape index (κ2) is 8.41. The van der Waals surface area contributed by atoms with Gasteiger partial charge < -0.3 is 5.32 Å². The van der Waals surface area contributed by atoms with Gasteiger partial charge >= 0.3 is 0 Å². The van der Waals surface area contributed by atoms with Gasteiger partial charge in [0, 0.05) is 18.7 Å². The van der Waals surface area contributed by atoms with Crippen LogP contribution in [0.25, 0.3) is 10.2 Å². The number of hydrogen-bond acceptors (Lipinski definition) is 5. The largest absolute Gasteiger partial charge is 0.354 e. The molecule has 0 aliphatic heterocycles. The van der Waals surface area contributed by atoms with E-state index >= 15 is 0 Å². The Hall–Kier alpha value is -2.25. The van der Waals surface area contributed by atoms with Crippen LogP contribution in [-0.4, -0.2) is 37.4 Å². The fourth-order valence-corrected chi connectivity index (χ4v) is 4.90. The molecule has 0 saturated heterocycles. The Kier molecular flexibility index (Phi) is 6.15. The molecule has 5 nitrogen and oxygen atoms in total. The molecule has 1 heterocycles. The number of sulfone groups is 1. The molecule has 1 amide bonds. The van der Waals surface area contributed by atoms with Gasteiger partial charge in [-0.05, 0) is 24.6 Å². The van der Waals surface area contributed by atoms with E-state index in [0.29, 0.717) is 6.42 Å². The number of thiazole rings is 1. The lowest BCUT2D eigenvalue weighted by molar-refractivity contribution is -0.126. The van der Waals surface area contributed by atoms with Crippen molar-refractivity contribution in [2.75, 3.05) is 18.1 Å². The molecule has 0 saturated carbocycles. The Morgan fingerprint density at radius 1 is 1.11 bits per heavy atom. The summed E-state index contributed by atoms with van der Waals surface area (Å²) in [4.78, 5) is 17.8. The predicted molar refractivity (Wildman–Crippen MR) is 114 cm³/mol. The molecule has 3 rings (SSSR count). The third-order valence-electron chi connectivity index (χ3n) is 4.89. The molecule has 1 atom stereocenters. The summed E-state index contributed by atoms with van der Waals surface area (Å²) < 4.78 is 24.5. The number of fused-ring (bicyclic) bond motifs is 1. The minimum Gasteiger partial charge on any atom is -0.354 e. The summed E-state index contributed by atoms with van der Waals surface area (Å²) in [6.45, 7) is 3.60. The highest BCUT2D eigenvalue weighted by Gasteiger charge is 2.36. The van der Waals surface area contributed by atoms with E-state index in [1.54, 1.807) is 18.3 Å². The number of para-hydroxylation sites is 1. The molecule has 0 fully saturated rings. The minimum atomic E-state index is -3.13. The summed E-state index contributed by atoms with van der Waals surface area (Å²) in [6.07, 6.45) is 0.447. The Bertz CT molecular complexity index is 1030. The number of nitrogens with zero attached hydrogens (tertiary/aromatic N) is 1. The van der Waals surface area contributed by atoms with E-state index in [1.165, 1.54) is 0 Å². The van der Waals surface area contributed by atoms with Gasteiger partial charge in [-0.2, -0.15) is 0 Å². The van der Waals surface area contributed by atoms with Crippen molar-refractivity contribution in [3.05, 3.63) is 65.2 Å². The van der Waals surface area contributed by atoms with E-state index in [-0.39, 0.29) is 24.0 Å². The van der Waals surface area contributed by atoms with Crippen LogP contribution in [0.4, 0.5) is 0 Å². The summed E-state index contributed by atoms with van der Waals surface area (Å²) >= 11 is 1.58. The van der Waals surface area contributed by atoms with E-state index < -0.39 is 15.3 Å². The van der Waals surface area contributed by atoms with E-state index in [1.807, 2.05) is 61.5 Å². The number of hydrogen-bond donors (Lipinski definition) is 1. The van der Waals surface area contributed by atoms with Gasteiger partial charge in [0.15, 0.2) is 9.84 Å². The lowest BCUT2D eigenvalue weighted by atomic mass is 9.78. The molecule has 3 aromatic rings. The van der Waals surface area contributed by atoms with Crippen molar-refractivity contribution < 1.29 is 13.2 Å². The zero-order valence-corrected chi connectivity index (χ0v) is 17.6. The average Bonchev–Trinajstić information content (AvgIpc) is 3.10. The van der Waals surface area contributed by atoms with Crippen LogP contribution in [0.2, 0.25) is 0 Å². The number of benzene rings is 2. The average molecular weight is 417 g/mol. The van der Waals surface area contributed by atoms with Gasteiger partial charge in [0.25, 0.3) is 0 Å². The number of amides is 1. The Morgan fingerprint density at radius 2 is 1.79 bits per heavy atom. The zero-order chi connectivity index (χ0) is 20.2. The maximum Gasteiger partial charge on any atom is 0.230 e. The van der Waals surface area contributed by atoms with Crippen molar-refractivity contribution in [2.45, 2.75) is 25.7 Å². The second-order valence-electron chi connectivity index (χ2n) is 6.94. The van der Waals surface area contributed by atoms with Crippen molar-refractivity contribution in [2.24, 2.45) is 0 Å². The minimum absolute atomic E-state index is 0.0543. The highest BCUT2D eigenvalue weighted by molar-refractivity contribution is 7.91. The third-order valence-corrected chi connectivity index (χ3v) is 7.64. The van der Waals surface area contributed by atoms with Crippen LogP contribution in [0.5, 0.6) is 0 Å². The summed E-state index contributed by atoms with van der Waals surface area (Å²) in [7, 11) is -3.13. The van der Waals surface area contributed by atoms with Gasteiger partial charge in [-0.1, -0.05) is 49.4 Å². The van der Waals surface area contributed by atoms with Crippen LogP contribution in [0.15, 0.2) is 54.6 Å². The van der Waals surface area contributed by atoms with Gasteiger partial charge in [-0.15, -0.1) is 11.3 Å². The fraction of sp³-hybridized carbons (Fsp3) is 0.333. The summed E-state index contributed by atoms with van der Waals surface area (Å²) in [5, 5.41) is 3.70. The first-order valence-corrected chi connectivity index (χ1v) is 11.9. The molecule has 0 radical (unpaired) electrons. The molecular weight excluding hydrogens is 392 g/mol. The summed E-state index contributed by atoms with van der Waals surface area (Å²) in [5.74, 6) is -0.171. The third kappa shape index (κ3) is 4.59. The maximum atomic E-state index is 13.1. The lowest BCUT2D eigenvalue weighted by Gasteiger charge is -2.28. The smallest absolute Gasteiger partial charge is 0.230 e. The van der Waals surface area contributed by atoms with Crippen molar-refractivity contribution in [3.8, 4) is 0 Å². The van der Waals surface area contributed by atoms with Crippen LogP contribution in [0.3, 0.4) is 0 Å². The van der Waals surface area contributed by atoms with E-state index in [9.17, 15) is 13.2 Å². The SMILES string of the molecule is CCS(=O)(=O)CCNC(=O)C(C)(Cc1nc2ccccc2s1)c1ccccc1. The topological polar surface area (TPSA) is 76.1 Å². The number of aromatic nitrogens is 1. The van der Waals surface area contributed by atoms with Crippen molar-refractivity contribution in [1.82, 2.24) is 10.3 Å². The highest BCUT2D eigenvalue weighted by atomic mass is 32.2. The first kappa shape index (κ1) is 20.5. The van der Waals surface area contributed by atoms with Crippen LogP contribution < -0.4 is 5.32 Å². The summed E-state index contributed by atoms with van der Waals surface area (Å²) in [6, 6.07) is 17.5.